The predicted octanol–water partition coefficient (Wildman–Crippen LogP) is 2.55. The third-order valence-electron chi connectivity index (χ3n) is 4.08. The molecule has 0 radical (unpaired) electrons. The zero-order chi connectivity index (χ0) is 21.5. The lowest BCUT2D eigenvalue weighted by atomic mass is 9.98. The summed E-state index contributed by atoms with van der Waals surface area (Å²) in [4.78, 5) is 17.5. The van der Waals surface area contributed by atoms with Crippen LogP contribution in [0.4, 0.5) is 0 Å². The standard InChI is InChI=1S/C20H34O6Si2/c1-13(2)9-10-14-16(27)12-11-15(17(14)22-3)18(23-4)19(24-5)20(21)25-26-28(6,7)8/h11-13H,9-10H2,1-8,27H3. The smallest absolute Gasteiger partial charge is 0.409 e. The first-order valence-electron chi connectivity index (χ1n) is 9.44. The minimum Gasteiger partial charge on any atom is -0.496 e. The van der Waals surface area contributed by atoms with E-state index in [-0.39, 0.29) is 11.5 Å². The summed E-state index contributed by atoms with van der Waals surface area (Å²) < 4.78 is 21.9. The monoisotopic (exact) mass is 426 g/mol. The molecule has 0 unspecified atom stereocenters. The maximum atomic E-state index is 12.5. The summed E-state index contributed by atoms with van der Waals surface area (Å²) in [5.74, 6) is 0.752. The van der Waals surface area contributed by atoms with Crippen LogP contribution in [0.15, 0.2) is 17.9 Å². The van der Waals surface area contributed by atoms with Gasteiger partial charge in [0.05, 0.1) is 26.9 Å². The van der Waals surface area contributed by atoms with E-state index in [2.05, 4.69) is 19.9 Å². The molecule has 0 spiro atoms. The molecule has 0 aliphatic heterocycles. The minimum absolute atomic E-state index is 0.0602. The average Bonchev–Trinajstić information content (AvgIpc) is 2.62. The molecule has 1 rings (SSSR count). The van der Waals surface area contributed by atoms with Crippen LogP contribution in [0.1, 0.15) is 31.4 Å². The summed E-state index contributed by atoms with van der Waals surface area (Å²) in [6.45, 7) is 10.1. The van der Waals surface area contributed by atoms with Crippen LogP contribution in [-0.2, 0) is 30.2 Å². The zero-order valence-electron chi connectivity index (χ0n) is 18.6. The Morgan fingerprint density at radius 1 is 1.11 bits per heavy atom. The minimum atomic E-state index is -2.04. The average molecular weight is 427 g/mol. The van der Waals surface area contributed by atoms with E-state index in [1.165, 1.54) is 19.4 Å². The van der Waals surface area contributed by atoms with Crippen molar-refractivity contribution in [2.45, 2.75) is 46.3 Å². The molecule has 0 fully saturated rings. The molecule has 6 nitrogen and oxygen atoms in total. The Balaban J connectivity index is 3.43. The number of ether oxygens (including phenoxy) is 3. The van der Waals surface area contributed by atoms with Gasteiger partial charge in [0, 0.05) is 10.2 Å². The van der Waals surface area contributed by atoms with E-state index in [4.69, 9.17) is 23.7 Å². The Labute approximate surface area is 172 Å². The van der Waals surface area contributed by atoms with Gasteiger partial charge in [0.15, 0.2) is 5.76 Å². The Morgan fingerprint density at radius 2 is 1.75 bits per heavy atom. The van der Waals surface area contributed by atoms with Gasteiger partial charge in [-0.1, -0.05) is 25.1 Å². The van der Waals surface area contributed by atoms with Gasteiger partial charge >= 0.3 is 5.97 Å². The van der Waals surface area contributed by atoms with Crippen molar-refractivity contribution < 1.29 is 28.5 Å². The number of carbonyl (C=O) groups is 1. The first-order chi connectivity index (χ1) is 13.1. The number of hydrogen-bond acceptors (Lipinski definition) is 6. The first-order valence-corrected chi connectivity index (χ1v) is 13.9. The molecule has 1 aromatic rings. The summed E-state index contributed by atoms with van der Waals surface area (Å²) in [6, 6.07) is 3.94. The second-order valence-corrected chi connectivity index (χ2v) is 13.5. The van der Waals surface area contributed by atoms with Crippen LogP contribution in [0.5, 0.6) is 5.75 Å². The highest BCUT2D eigenvalue weighted by atomic mass is 28.4. The lowest BCUT2D eigenvalue weighted by molar-refractivity contribution is -0.217. The molecular weight excluding hydrogens is 392 g/mol. The van der Waals surface area contributed by atoms with Crippen LogP contribution >= 0.6 is 0 Å². The van der Waals surface area contributed by atoms with E-state index < -0.39 is 14.3 Å². The van der Waals surface area contributed by atoms with Gasteiger partial charge in [-0.25, -0.2) is 9.37 Å². The molecule has 0 saturated carbocycles. The topological polar surface area (TPSA) is 63.2 Å². The van der Waals surface area contributed by atoms with E-state index in [1.807, 2.05) is 25.7 Å². The van der Waals surface area contributed by atoms with E-state index >= 15 is 0 Å². The maximum Gasteiger partial charge on any atom is 0.409 e. The second kappa shape index (κ2) is 10.7. The van der Waals surface area contributed by atoms with Crippen LogP contribution < -0.4 is 9.92 Å². The molecule has 0 saturated heterocycles. The summed E-state index contributed by atoms with van der Waals surface area (Å²) in [5, 5.41) is 1.26. The van der Waals surface area contributed by atoms with Gasteiger partial charge in [-0.2, -0.15) is 0 Å². The lowest BCUT2D eigenvalue weighted by Crippen LogP contribution is -2.28. The van der Waals surface area contributed by atoms with E-state index in [9.17, 15) is 4.79 Å². The molecule has 0 amide bonds. The van der Waals surface area contributed by atoms with E-state index in [0.717, 1.165) is 28.6 Å². The first kappa shape index (κ1) is 24.3. The third-order valence-corrected chi connectivity index (χ3v) is 5.60. The molecular formula is C20H34O6Si2. The number of hydrogen-bond donors (Lipinski definition) is 0. The molecule has 0 aromatic heterocycles. The van der Waals surface area contributed by atoms with Crippen LogP contribution in [0.2, 0.25) is 19.6 Å². The fraction of sp³-hybridized carbons (Fsp3) is 0.550. The van der Waals surface area contributed by atoms with Crippen molar-refractivity contribution in [2.24, 2.45) is 5.92 Å². The highest BCUT2D eigenvalue weighted by Crippen LogP contribution is 2.33. The van der Waals surface area contributed by atoms with E-state index in [1.54, 1.807) is 7.11 Å². The second-order valence-electron chi connectivity index (χ2n) is 8.01. The summed E-state index contributed by atoms with van der Waals surface area (Å²) in [7, 11) is 3.38. The molecule has 1 aromatic carbocycles. The SMILES string of the molecule is COC(C(=O)OO[Si](C)(C)C)=C(OC)c1ccc([SiH3])c(CCC(C)C)c1OC. The summed E-state index contributed by atoms with van der Waals surface area (Å²) in [6.07, 6.45) is 1.94. The van der Waals surface area contributed by atoms with Gasteiger partial charge in [-0.15, -0.1) is 0 Å². The number of carbonyl (C=O) groups excluding carboxylic acids is 1. The quantitative estimate of drug-likeness (QED) is 0.188. The fourth-order valence-corrected chi connectivity index (χ4v) is 3.65. The van der Waals surface area contributed by atoms with Crippen LogP contribution in [-0.4, -0.2) is 45.9 Å². The van der Waals surface area contributed by atoms with Crippen molar-refractivity contribution in [3.63, 3.8) is 0 Å². The predicted molar refractivity (Wildman–Crippen MR) is 117 cm³/mol. The molecule has 0 aliphatic carbocycles. The number of rotatable bonds is 10. The van der Waals surface area contributed by atoms with Gasteiger partial charge in [0.2, 0.25) is 8.32 Å². The molecule has 0 aliphatic rings. The molecule has 0 bridgehead atoms. The van der Waals surface area contributed by atoms with Crippen molar-refractivity contribution in [3.05, 3.63) is 29.0 Å². The Bertz CT molecular complexity index is 707. The largest absolute Gasteiger partial charge is 0.496 e. The highest BCUT2D eigenvalue weighted by Gasteiger charge is 2.27. The molecule has 158 valence electrons. The Kier molecular flexibility index (Phi) is 9.26. The van der Waals surface area contributed by atoms with Crippen molar-refractivity contribution in [1.82, 2.24) is 0 Å². The van der Waals surface area contributed by atoms with Gasteiger partial charge < -0.3 is 19.1 Å². The molecule has 0 N–H and O–H groups in total. The van der Waals surface area contributed by atoms with Crippen molar-refractivity contribution in [2.75, 3.05) is 21.3 Å². The number of benzene rings is 1. The van der Waals surface area contributed by atoms with Crippen molar-refractivity contribution >= 4 is 35.5 Å². The third kappa shape index (κ3) is 6.68. The molecule has 0 heterocycles. The molecule has 8 heteroatoms. The van der Waals surface area contributed by atoms with Crippen LogP contribution in [0, 0.1) is 5.92 Å². The van der Waals surface area contributed by atoms with Crippen LogP contribution in [0.3, 0.4) is 0 Å². The van der Waals surface area contributed by atoms with Gasteiger partial charge in [0.1, 0.15) is 5.75 Å². The normalized spacial score (nSPS) is 12.6. The van der Waals surface area contributed by atoms with Gasteiger partial charge in [-0.05, 0) is 50.0 Å². The fourth-order valence-electron chi connectivity index (χ4n) is 2.68. The van der Waals surface area contributed by atoms with Crippen LogP contribution in [0.25, 0.3) is 5.76 Å². The summed E-state index contributed by atoms with van der Waals surface area (Å²) >= 11 is 0. The molecule has 28 heavy (non-hydrogen) atoms. The summed E-state index contributed by atoms with van der Waals surface area (Å²) in [5.41, 5.74) is 1.81. The lowest BCUT2D eigenvalue weighted by Gasteiger charge is -2.20. The molecule has 0 atom stereocenters. The maximum absolute atomic E-state index is 12.5. The van der Waals surface area contributed by atoms with E-state index in [0.29, 0.717) is 17.2 Å². The van der Waals surface area contributed by atoms with Crippen molar-refractivity contribution in [3.8, 4) is 5.75 Å². The number of methoxy groups -OCH3 is 3. The Hall–Kier alpha value is -1.78. The van der Waals surface area contributed by atoms with Crippen molar-refractivity contribution in [1.29, 1.82) is 0 Å². The van der Waals surface area contributed by atoms with Gasteiger partial charge in [0.25, 0.3) is 5.76 Å². The Morgan fingerprint density at radius 3 is 2.21 bits per heavy atom. The van der Waals surface area contributed by atoms with Gasteiger partial charge in [-0.3, -0.25) is 0 Å². The highest BCUT2D eigenvalue weighted by molar-refractivity contribution is 6.69. The zero-order valence-corrected chi connectivity index (χ0v) is 21.6.